The van der Waals surface area contributed by atoms with Gasteiger partial charge >= 0.3 is 0 Å². The SMILES string of the molecule is COCC(=O)NCc1nc2ccccc2n1C. The molecular formula is C12H15N3O2. The fourth-order valence-electron chi connectivity index (χ4n) is 1.71. The van der Waals surface area contributed by atoms with Crippen molar-refractivity contribution in [1.29, 1.82) is 0 Å². The Morgan fingerprint density at radius 1 is 1.47 bits per heavy atom. The lowest BCUT2D eigenvalue weighted by molar-refractivity contribution is -0.124. The van der Waals surface area contributed by atoms with E-state index in [2.05, 4.69) is 10.3 Å². The summed E-state index contributed by atoms with van der Waals surface area (Å²) in [6.45, 7) is 0.483. The molecule has 0 fully saturated rings. The molecule has 0 saturated heterocycles. The maximum absolute atomic E-state index is 11.3. The molecule has 0 bridgehead atoms. The van der Waals surface area contributed by atoms with Crippen LogP contribution in [0.1, 0.15) is 5.82 Å². The molecule has 0 radical (unpaired) electrons. The standard InChI is InChI=1S/C12H15N3O2/c1-15-10-6-4-3-5-9(10)14-11(15)7-13-12(16)8-17-2/h3-6H,7-8H2,1-2H3,(H,13,16). The van der Waals surface area contributed by atoms with Gasteiger partial charge in [-0.15, -0.1) is 0 Å². The average molecular weight is 233 g/mol. The molecule has 0 saturated carbocycles. The number of nitrogens with one attached hydrogen (secondary N) is 1. The molecule has 0 aliphatic heterocycles. The fourth-order valence-corrected chi connectivity index (χ4v) is 1.71. The number of aromatic nitrogens is 2. The van der Waals surface area contributed by atoms with Gasteiger partial charge in [0.2, 0.25) is 5.91 Å². The summed E-state index contributed by atoms with van der Waals surface area (Å²) in [7, 11) is 3.43. The smallest absolute Gasteiger partial charge is 0.246 e. The van der Waals surface area contributed by atoms with Crippen LogP contribution < -0.4 is 5.32 Å². The van der Waals surface area contributed by atoms with Crippen LogP contribution in [0.15, 0.2) is 24.3 Å². The summed E-state index contributed by atoms with van der Waals surface area (Å²) < 4.78 is 6.72. The third-order valence-corrected chi connectivity index (χ3v) is 2.60. The summed E-state index contributed by atoms with van der Waals surface area (Å²) in [4.78, 5) is 15.7. The van der Waals surface area contributed by atoms with Crippen molar-refractivity contribution in [3.63, 3.8) is 0 Å². The van der Waals surface area contributed by atoms with Gasteiger partial charge < -0.3 is 14.6 Å². The molecule has 0 aliphatic carbocycles. The Balaban J connectivity index is 2.14. The van der Waals surface area contributed by atoms with Crippen LogP contribution in [0, 0.1) is 0 Å². The fraction of sp³-hybridized carbons (Fsp3) is 0.333. The zero-order valence-corrected chi connectivity index (χ0v) is 9.93. The number of carbonyl (C=O) groups excluding carboxylic acids is 1. The van der Waals surface area contributed by atoms with Crippen molar-refractivity contribution < 1.29 is 9.53 Å². The first kappa shape index (κ1) is 11.6. The number of rotatable bonds is 4. The predicted molar refractivity (Wildman–Crippen MR) is 64.4 cm³/mol. The van der Waals surface area contributed by atoms with Gasteiger partial charge in [0, 0.05) is 14.2 Å². The van der Waals surface area contributed by atoms with Gasteiger partial charge in [-0.25, -0.2) is 4.98 Å². The second kappa shape index (κ2) is 4.97. The first-order valence-corrected chi connectivity index (χ1v) is 5.38. The van der Waals surface area contributed by atoms with E-state index in [1.54, 1.807) is 0 Å². The largest absolute Gasteiger partial charge is 0.375 e. The van der Waals surface area contributed by atoms with Crippen molar-refractivity contribution in [3.05, 3.63) is 30.1 Å². The molecule has 1 aromatic heterocycles. The van der Waals surface area contributed by atoms with Crippen LogP contribution >= 0.6 is 0 Å². The number of methoxy groups -OCH3 is 1. The van der Waals surface area contributed by atoms with Crippen LogP contribution in [0.3, 0.4) is 0 Å². The first-order chi connectivity index (χ1) is 8.22. The molecule has 2 aromatic rings. The van der Waals surface area contributed by atoms with Crippen LogP contribution in [-0.4, -0.2) is 29.2 Å². The Kier molecular flexibility index (Phi) is 3.39. The van der Waals surface area contributed by atoms with Gasteiger partial charge in [-0.1, -0.05) is 12.1 Å². The average Bonchev–Trinajstić information content (AvgIpc) is 2.65. The lowest BCUT2D eigenvalue weighted by Gasteiger charge is -2.04. The maximum atomic E-state index is 11.3. The zero-order chi connectivity index (χ0) is 12.3. The van der Waals surface area contributed by atoms with Crippen LogP contribution in [0.2, 0.25) is 0 Å². The minimum Gasteiger partial charge on any atom is -0.375 e. The quantitative estimate of drug-likeness (QED) is 0.851. The number of imidazole rings is 1. The highest BCUT2D eigenvalue weighted by Crippen LogP contribution is 2.13. The number of hydrogen-bond donors (Lipinski definition) is 1. The van der Waals surface area contributed by atoms with E-state index in [9.17, 15) is 4.79 Å². The predicted octanol–water partition coefficient (Wildman–Crippen LogP) is 0.836. The summed E-state index contributed by atoms with van der Waals surface area (Å²) in [6.07, 6.45) is 0. The van der Waals surface area contributed by atoms with Crippen LogP contribution in [0.4, 0.5) is 0 Å². The number of carbonyl (C=O) groups is 1. The van der Waals surface area contributed by atoms with Gasteiger partial charge in [0.25, 0.3) is 0 Å². The van der Waals surface area contributed by atoms with E-state index in [0.29, 0.717) is 6.54 Å². The van der Waals surface area contributed by atoms with Gasteiger partial charge in [0.1, 0.15) is 12.4 Å². The topological polar surface area (TPSA) is 56.1 Å². The number of ether oxygens (including phenoxy) is 1. The highest BCUT2D eigenvalue weighted by atomic mass is 16.5. The van der Waals surface area contributed by atoms with Crippen LogP contribution in [-0.2, 0) is 23.1 Å². The Hall–Kier alpha value is -1.88. The van der Waals surface area contributed by atoms with Gasteiger partial charge in [0.15, 0.2) is 0 Å². The highest BCUT2D eigenvalue weighted by Gasteiger charge is 2.07. The van der Waals surface area contributed by atoms with Crippen molar-refractivity contribution >= 4 is 16.9 Å². The van der Waals surface area contributed by atoms with E-state index in [1.165, 1.54) is 7.11 Å². The number of hydrogen-bond acceptors (Lipinski definition) is 3. The number of benzene rings is 1. The molecular weight excluding hydrogens is 218 g/mol. The lowest BCUT2D eigenvalue weighted by Crippen LogP contribution is -2.27. The summed E-state index contributed by atoms with van der Waals surface area (Å²) in [5, 5.41) is 2.75. The Bertz CT molecular complexity index is 534. The van der Waals surface area contributed by atoms with Gasteiger partial charge in [-0.05, 0) is 12.1 Å². The van der Waals surface area contributed by atoms with Crippen molar-refractivity contribution in [1.82, 2.24) is 14.9 Å². The van der Waals surface area contributed by atoms with Crippen LogP contribution in [0.25, 0.3) is 11.0 Å². The molecule has 0 spiro atoms. The lowest BCUT2D eigenvalue weighted by atomic mass is 10.3. The Morgan fingerprint density at radius 3 is 2.94 bits per heavy atom. The van der Waals surface area contributed by atoms with E-state index in [1.807, 2.05) is 35.9 Å². The van der Waals surface area contributed by atoms with Crippen LogP contribution in [0.5, 0.6) is 0 Å². The molecule has 2 rings (SSSR count). The molecule has 0 aliphatic rings. The molecule has 5 nitrogen and oxygen atoms in total. The zero-order valence-electron chi connectivity index (χ0n) is 9.93. The summed E-state index contributed by atoms with van der Waals surface area (Å²) in [5.74, 6) is 0.690. The van der Waals surface area contributed by atoms with Gasteiger partial charge in [-0.2, -0.15) is 0 Å². The monoisotopic (exact) mass is 233 g/mol. The molecule has 0 unspecified atom stereocenters. The molecule has 0 atom stereocenters. The summed E-state index contributed by atoms with van der Waals surface area (Å²) in [6, 6.07) is 7.87. The number of fused-ring (bicyclic) bond motifs is 1. The van der Waals surface area contributed by atoms with Crippen molar-refractivity contribution in [2.24, 2.45) is 7.05 Å². The second-order valence-electron chi connectivity index (χ2n) is 3.79. The summed E-state index contributed by atoms with van der Waals surface area (Å²) >= 11 is 0. The third kappa shape index (κ3) is 2.45. The highest BCUT2D eigenvalue weighted by molar-refractivity contribution is 5.78. The van der Waals surface area contributed by atoms with E-state index in [0.717, 1.165) is 16.9 Å². The number of aryl methyl sites for hydroxylation is 1. The minimum atomic E-state index is -0.139. The molecule has 1 heterocycles. The molecule has 90 valence electrons. The maximum Gasteiger partial charge on any atom is 0.246 e. The molecule has 17 heavy (non-hydrogen) atoms. The van der Waals surface area contributed by atoms with Crippen molar-refractivity contribution in [2.45, 2.75) is 6.54 Å². The molecule has 1 N–H and O–H groups in total. The number of nitrogens with zero attached hydrogens (tertiary/aromatic N) is 2. The van der Waals surface area contributed by atoms with E-state index >= 15 is 0 Å². The third-order valence-electron chi connectivity index (χ3n) is 2.60. The van der Waals surface area contributed by atoms with E-state index in [4.69, 9.17) is 4.74 Å². The Labute approximate surface area is 99.4 Å². The number of para-hydroxylation sites is 2. The van der Waals surface area contributed by atoms with Crippen molar-refractivity contribution in [3.8, 4) is 0 Å². The van der Waals surface area contributed by atoms with Gasteiger partial charge in [-0.3, -0.25) is 4.79 Å². The number of amides is 1. The second-order valence-corrected chi connectivity index (χ2v) is 3.79. The van der Waals surface area contributed by atoms with Crippen molar-refractivity contribution in [2.75, 3.05) is 13.7 Å². The normalized spacial score (nSPS) is 10.7. The molecule has 1 amide bonds. The van der Waals surface area contributed by atoms with Gasteiger partial charge in [0.05, 0.1) is 17.6 Å². The van der Waals surface area contributed by atoms with E-state index < -0.39 is 0 Å². The summed E-state index contributed by atoms with van der Waals surface area (Å²) in [5.41, 5.74) is 1.99. The Morgan fingerprint density at radius 2 is 2.24 bits per heavy atom. The minimum absolute atomic E-state index is 0.0734. The van der Waals surface area contributed by atoms with E-state index in [-0.39, 0.29) is 12.5 Å². The molecule has 1 aromatic carbocycles. The molecule has 5 heteroatoms. The first-order valence-electron chi connectivity index (χ1n) is 5.38.